The minimum absolute atomic E-state index is 0.0297. The van der Waals surface area contributed by atoms with Gasteiger partial charge in [0.25, 0.3) is 5.91 Å². The molecule has 1 aromatic carbocycles. The maximum absolute atomic E-state index is 12.5. The monoisotopic (exact) mass is 419 g/mol. The lowest BCUT2D eigenvalue weighted by Crippen LogP contribution is -2.34. The van der Waals surface area contributed by atoms with Gasteiger partial charge in [-0.3, -0.25) is 4.79 Å². The van der Waals surface area contributed by atoms with E-state index in [9.17, 15) is 4.79 Å². The number of amides is 1. The number of rotatable bonds is 8. The summed E-state index contributed by atoms with van der Waals surface area (Å²) in [6.45, 7) is 7.75. The molecule has 3 aromatic heterocycles. The minimum Gasteiger partial charge on any atom is -0.350 e. The summed E-state index contributed by atoms with van der Waals surface area (Å²) >= 11 is 1.45. The first-order chi connectivity index (χ1) is 14.7. The maximum Gasteiger partial charge on any atom is 0.261 e. The van der Waals surface area contributed by atoms with Crippen LogP contribution in [0.15, 0.2) is 60.4 Å². The molecule has 4 rings (SSSR count). The quantitative estimate of drug-likeness (QED) is 0.465. The van der Waals surface area contributed by atoms with Gasteiger partial charge in [0.2, 0.25) is 0 Å². The predicted molar refractivity (Wildman–Crippen MR) is 122 cm³/mol. The van der Waals surface area contributed by atoms with E-state index < -0.39 is 0 Å². The number of benzene rings is 1. The Morgan fingerprint density at radius 2 is 1.90 bits per heavy atom. The van der Waals surface area contributed by atoms with Gasteiger partial charge >= 0.3 is 0 Å². The molecule has 154 valence electrons. The average Bonchev–Trinajstić information content (AvgIpc) is 3.44. The summed E-state index contributed by atoms with van der Waals surface area (Å²) in [6, 6.07) is 12.0. The molecule has 0 aliphatic carbocycles. The molecule has 0 bridgehead atoms. The molecule has 0 saturated heterocycles. The molecular formula is C23H25N5OS. The van der Waals surface area contributed by atoms with E-state index in [-0.39, 0.29) is 5.91 Å². The van der Waals surface area contributed by atoms with Gasteiger partial charge in [-0.1, -0.05) is 44.2 Å². The topological polar surface area (TPSA) is 62.5 Å². The number of carbonyl (C=O) groups is 1. The Balaban J connectivity index is 1.48. The van der Waals surface area contributed by atoms with Gasteiger partial charge in [-0.25, -0.2) is 9.50 Å². The highest BCUT2D eigenvalue weighted by molar-refractivity contribution is 7.12. The van der Waals surface area contributed by atoms with E-state index in [1.165, 1.54) is 11.3 Å². The molecular weight excluding hydrogens is 394 g/mol. The van der Waals surface area contributed by atoms with E-state index in [0.717, 1.165) is 47.5 Å². The second-order valence-electron chi connectivity index (χ2n) is 7.02. The van der Waals surface area contributed by atoms with Crippen molar-refractivity contribution in [3.8, 4) is 22.3 Å². The van der Waals surface area contributed by atoms with Gasteiger partial charge in [-0.05, 0) is 35.7 Å². The van der Waals surface area contributed by atoms with Crippen LogP contribution in [0.25, 0.3) is 27.9 Å². The summed E-state index contributed by atoms with van der Waals surface area (Å²) in [7, 11) is 0. The van der Waals surface area contributed by atoms with E-state index in [1.807, 2.05) is 48.2 Å². The van der Waals surface area contributed by atoms with E-state index in [1.54, 1.807) is 4.52 Å². The molecule has 0 atom stereocenters. The number of likely N-dealkylation sites (N-methyl/N-ethyl adjacent to an activating group) is 1. The lowest BCUT2D eigenvalue weighted by Gasteiger charge is -2.17. The molecule has 0 saturated carbocycles. The number of thiophene rings is 1. The normalized spacial score (nSPS) is 11.3. The van der Waals surface area contributed by atoms with Crippen LogP contribution < -0.4 is 5.32 Å². The zero-order valence-corrected chi connectivity index (χ0v) is 18.0. The van der Waals surface area contributed by atoms with Gasteiger partial charge in [-0.2, -0.15) is 5.10 Å². The van der Waals surface area contributed by atoms with E-state index in [2.05, 4.69) is 46.3 Å². The van der Waals surface area contributed by atoms with Crippen LogP contribution in [0.5, 0.6) is 0 Å². The number of hydrogen-bond donors (Lipinski definition) is 1. The highest BCUT2D eigenvalue weighted by atomic mass is 32.1. The summed E-state index contributed by atoms with van der Waals surface area (Å²) in [4.78, 5) is 20.1. The van der Waals surface area contributed by atoms with Crippen molar-refractivity contribution >= 4 is 22.9 Å². The summed E-state index contributed by atoms with van der Waals surface area (Å²) in [5.41, 5.74) is 4.81. The van der Waals surface area contributed by atoms with Crippen molar-refractivity contribution in [1.82, 2.24) is 24.8 Å². The Labute approximate surface area is 180 Å². The molecule has 0 fully saturated rings. The molecule has 6 nitrogen and oxygen atoms in total. The van der Waals surface area contributed by atoms with E-state index in [4.69, 9.17) is 0 Å². The van der Waals surface area contributed by atoms with Crippen LogP contribution in [-0.2, 0) is 0 Å². The Hall–Kier alpha value is -3.03. The van der Waals surface area contributed by atoms with Crippen molar-refractivity contribution in [3.63, 3.8) is 0 Å². The molecule has 7 heteroatoms. The molecule has 30 heavy (non-hydrogen) atoms. The van der Waals surface area contributed by atoms with E-state index in [0.29, 0.717) is 11.4 Å². The van der Waals surface area contributed by atoms with Crippen molar-refractivity contribution in [3.05, 3.63) is 65.2 Å². The molecule has 4 aromatic rings. The first-order valence-electron chi connectivity index (χ1n) is 10.2. The molecule has 0 aliphatic rings. The second kappa shape index (κ2) is 9.19. The van der Waals surface area contributed by atoms with Crippen LogP contribution in [0.4, 0.5) is 0 Å². The summed E-state index contributed by atoms with van der Waals surface area (Å²) in [5, 5.41) is 9.47. The number of nitrogens with zero attached hydrogens (tertiary/aromatic N) is 4. The van der Waals surface area contributed by atoms with Crippen LogP contribution in [-0.4, -0.2) is 51.6 Å². The third kappa shape index (κ3) is 4.27. The van der Waals surface area contributed by atoms with E-state index >= 15 is 0 Å². The van der Waals surface area contributed by atoms with Crippen molar-refractivity contribution in [1.29, 1.82) is 0 Å². The molecule has 1 N–H and O–H groups in total. The van der Waals surface area contributed by atoms with Gasteiger partial charge in [-0.15, -0.1) is 11.3 Å². The lowest BCUT2D eigenvalue weighted by atomic mass is 10.1. The highest BCUT2D eigenvalue weighted by Crippen LogP contribution is 2.28. The zero-order chi connectivity index (χ0) is 20.9. The van der Waals surface area contributed by atoms with Crippen molar-refractivity contribution in [2.45, 2.75) is 13.8 Å². The van der Waals surface area contributed by atoms with Gasteiger partial charge in [0.1, 0.15) is 0 Å². The first kappa shape index (κ1) is 20.3. The number of hydrogen-bond acceptors (Lipinski definition) is 5. The average molecular weight is 420 g/mol. The van der Waals surface area contributed by atoms with Gasteiger partial charge < -0.3 is 10.2 Å². The fraction of sp³-hybridized carbons (Fsp3) is 0.261. The predicted octanol–water partition coefficient (Wildman–Crippen LogP) is 4.20. The van der Waals surface area contributed by atoms with Gasteiger partial charge in [0.15, 0.2) is 5.65 Å². The molecule has 0 radical (unpaired) electrons. The molecule has 0 spiro atoms. The Bertz CT molecular complexity index is 1130. The second-order valence-corrected chi connectivity index (χ2v) is 7.93. The first-order valence-corrected chi connectivity index (χ1v) is 11.1. The fourth-order valence-electron chi connectivity index (χ4n) is 3.41. The van der Waals surface area contributed by atoms with Gasteiger partial charge in [0.05, 0.1) is 11.1 Å². The van der Waals surface area contributed by atoms with Crippen LogP contribution in [0.3, 0.4) is 0 Å². The Morgan fingerprint density at radius 3 is 2.67 bits per heavy atom. The number of carbonyl (C=O) groups excluding carboxylic acids is 1. The van der Waals surface area contributed by atoms with Crippen LogP contribution >= 0.6 is 11.3 Å². The Morgan fingerprint density at radius 1 is 1.10 bits per heavy atom. The summed E-state index contributed by atoms with van der Waals surface area (Å²) < 4.78 is 1.79. The molecule has 0 unspecified atom stereocenters. The van der Waals surface area contributed by atoms with Crippen LogP contribution in [0, 0.1) is 0 Å². The number of aromatic nitrogens is 3. The van der Waals surface area contributed by atoms with Crippen LogP contribution in [0.1, 0.15) is 23.5 Å². The standard InChI is InChI=1S/C23H25N5OS/c1-3-27(4-2)11-10-24-23(29)21-12-18(16-30-21)19-13-25-22-20(14-26-28(22)15-19)17-8-6-5-7-9-17/h5-9,12-16H,3-4,10-11H2,1-2H3,(H,24,29). The largest absolute Gasteiger partial charge is 0.350 e. The smallest absolute Gasteiger partial charge is 0.261 e. The molecule has 0 aliphatic heterocycles. The molecule has 1 amide bonds. The number of nitrogens with one attached hydrogen (secondary N) is 1. The third-order valence-corrected chi connectivity index (χ3v) is 6.13. The molecule has 3 heterocycles. The number of fused-ring (bicyclic) bond motifs is 1. The SMILES string of the molecule is CCN(CC)CCNC(=O)c1cc(-c2cnc3c(-c4ccccc4)cnn3c2)cs1. The van der Waals surface area contributed by atoms with Crippen LogP contribution in [0.2, 0.25) is 0 Å². The van der Waals surface area contributed by atoms with Crippen molar-refractivity contribution < 1.29 is 4.79 Å². The highest BCUT2D eigenvalue weighted by Gasteiger charge is 2.13. The lowest BCUT2D eigenvalue weighted by molar-refractivity contribution is 0.0953. The third-order valence-electron chi connectivity index (χ3n) is 5.21. The zero-order valence-electron chi connectivity index (χ0n) is 17.2. The fourth-order valence-corrected chi connectivity index (χ4v) is 4.24. The summed E-state index contributed by atoms with van der Waals surface area (Å²) in [6.07, 6.45) is 5.64. The summed E-state index contributed by atoms with van der Waals surface area (Å²) in [5.74, 6) is -0.0297. The van der Waals surface area contributed by atoms with Crippen molar-refractivity contribution in [2.24, 2.45) is 0 Å². The van der Waals surface area contributed by atoms with Gasteiger partial charge in [0, 0.05) is 36.6 Å². The van der Waals surface area contributed by atoms with Crippen molar-refractivity contribution in [2.75, 3.05) is 26.2 Å². The minimum atomic E-state index is -0.0297. The Kier molecular flexibility index (Phi) is 6.21. The maximum atomic E-state index is 12.5.